The predicted octanol–water partition coefficient (Wildman–Crippen LogP) is -5.78. The Balaban J connectivity index is -0.000000102. The Hall–Kier alpha value is -2.34. The third-order valence-electron chi connectivity index (χ3n) is 2.19. The number of halogens is 4. The highest BCUT2D eigenvalue weighted by atomic mass is 35.5. The summed E-state index contributed by atoms with van der Waals surface area (Å²) in [4.78, 5) is 71.2. The van der Waals surface area contributed by atoms with E-state index in [0.717, 1.165) is 0 Å². The summed E-state index contributed by atoms with van der Waals surface area (Å²) in [6.07, 6.45) is 0. The zero-order valence-electron chi connectivity index (χ0n) is 20.8. The second-order valence-corrected chi connectivity index (χ2v) is 6.89. The van der Waals surface area contributed by atoms with Gasteiger partial charge in [0.25, 0.3) is 17.9 Å². The van der Waals surface area contributed by atoms with Crippen molar-refractivity contribution in [2.45, 2.75) is 0 Å². The molecule has 0 aliphatic rings. The van der Waals surface area contributed by atoms with Crippen molar-refractivity contribution in [1.82, 2.24) is 0 Å². The van der Waals surface area contributed by atoms with E-state index in [1.807, 2.05) is 0 Å². The van der Waals surface area contributed by atoms with Gasteiger partial charge in [0.2, 0.25) is 0 Å². The van der Waals surface area contributed by atoms with E-state index in [4.69, 9.17) is 40.1 Å². The van der Waals surface area contributed by atoms with Crippen LogP contribution in [0.3, 0.4) is 0 Å². The first kappa shape index (κ1) is 51.4. The molecule has 0 rings (SSSR count). The summed E-state index contributed by atoms with van der Waals surface area (Å²) < 4.78 is 28.0. The summed E-state index contributed by atoms with van der Waals surface area (Å²) in [6.45, 7) is -1.93. The third kappa shape index (κ3) is 47.8. The normalized spacial score (nSPS) is 8.07. The first-order chi connectivity index (χ1) is 18.8. The van der Waals surface area contributed by atoms with Gasteiger partial charge in [0.05, 0.1) is 45.8 Å². The molecule has 0 unspecified atom stereocenters. The Kier molecular flexibility index (Phi) is 49.9. The maximum Gasteiger partial charge on any atom is 1.20 e. The molecule has 0 heterocycles. The van der Waals surface area contributed by atoms with Crippen molar-refractivity contribution >= 4 is 104 Å². The Labute approximate surface area is 257 Å². The highest BCUT2D eigenvalue weighted by molar-refractivity contribution is 6.44. The first-order valence-electron chi connectivity index (χ1n) is 9.51. The molecule has 0 aliphatic heterocycles. The summed E-state index contributed by atoms with van der Waals surface area (Å²) in [5.74, 6) is -5.02. The number of hydrogen-bond donors (Lipinski definition) is 7. The summed E-state index contributed by atoms with van der Waals surface area (Å²) in [5, 5.41) is 0. The van der Waals surface area contributed by atoms with Crippen molar-refractivity contribution in [3.63, 3.8) is 0 Å². The maximum atomic E-state index is 10.8. The predicted molar refractivity (Wildman–Crippen MR) is 139 cm³/mol. The summed E-state index contributed by atoms with van der Waals surface area (Å²) >= 11 is 14.8. The fourth-order valence-electron chi connectivity index (χ4n) is 0.664. The summed E-state index contributed by atoms with van der Waals surface area (Å²) in [6, 6.07) is 0. The fraction of sp³-hybridized carbons (Fsp3) is 0.500. The van der Waals surface area contributed by atoms with Crippen LogP contribution in [0.4, 0.5) is 0 Å². The van der Waals surface area contributed by atoms with E-state index in [1.54, 1.807) is 0 Å². The standard InChI is InChI=1S/4C2H4ClNO2.3C2H5NO2.Al.H2O/c4*3-6-2(5)1-4;3*3-1-2(4)5;;/h4*1,4H2;3*1,3H2,(H,4,5);;1H2/q;;;;;;;+3;/p-3. The van der Waals surface area contributed by atoms with E-state index in [1.165, 1.54) is 0 Å². The lowest BCUT2D eigenvalue weighted by Gasteiger charge is -2.11. The van der Waals surface area contributed by atoms with Gasteiger partial charge in [-0.25, -0.2) is 19.2 Å². The quantitative estimate of drug-likeness (QED) is 0.104. The van der Waals surface area contributed by atoms with Crippen LogP contribution in [0.5, 0.6) is 0 Å². The molecule has 0 saturated carbocycles. The van der Waals surface area contributed by atoms with Crippen LogP contribution >= 0.6 is 47.5 Å². The molecule has 0 bridgehead atoms. The minimum Gasteiger partial charge on any atom is -0.550 e. The van der Waals surface area contributed by atoms with Gasteiger partial charge >= 0.3 is 39.0 Å². The Bertz CT molecular complexity index is 615. The molecule has 0 aliphatic carbocycles. The van der Waals surface area contributed by atoms with Crippen molar-refractivity contribution in [3.8, 4) is 0 Å². The number of carbonyl (C=O) groups is 7. The van der Waals surface area contributed by atoms with Gasteiger partial charge in [-0.2, -0.15) is 0 Å². The zero-order chi connectivity index (χ0) is 32.5. The first-order valence-corrected chi connectivity index (χ1v) is 12.2. The average molecular weight is 705 g/mol. The molecule has 16 N–H and O–H groups in total. The molecule has 0 spiro atoms. The van der Waals surface area contributed by atoms with Crippen LogP contribution in [-0.2, 0) is 62.1 Å². The largest absolute Gasteiger partial charge is 1.20 e. The lowest BCUT2D eigenvalue weighted by atomic mass is 10.7. The van der Waals surface area contributed by atoms with Crippen molar-refractivity contribution in [2.24, 2.45) is 40.1 Å². The van der Waals surface area contributed by atoms with Crippen molar-refractivity contribution in [1.29, 1.82) is 0 Å². The highest BCUT2D eigenvalue weighted by Gasteiger charge is 2.48. The molecular weight excluding hydrogens is 675 g/mol. The van der Waals surface area contributed by atoms with E-state index >= 15 is 0 Å². The van der Waals surface area contributed by atoms with Gasteiger partial charge in [-0.1, -0.05) is 0 Å². The van der Waals surface area contributed by atoms with Crippen LogP contribution in [0.1, 0.15) is 0 Å². The van der Waals surface area contributed by atoms with Crippen LogP contribution in [0.2, 0.25) is 0 Å². The summed E-state index contributed by atoms with van der Waals surface area (Å²) in [5.41, 5.74) is 33.8. The molecule has 0 fully saturated rings. The molecule has 22 nitrogen and oxygen atoms in total. The SMILES string of the molecule is NCC(=O)OCl.NCC(=O)OCl.NCC(=O)OCl.NCC(=O)OCl.NCC(=O)[O][Al]([O]C(=O)CN)[O]C(=O)CN.O. The second kappa shape index (κ2) is 39.8. The molecule has 27 heteroatoms. The van der Waals surface area contributed by atoms with E-state index in [9.17, 15) is 33.6 Å². The minimum absolute atomic E-state index is 0. The van der Waals surface area contributed by atoms with Crippen molar-refractivity contribution < 1.29 is 67.6 Å². The van der Waals surface area contributed by atoms with E-state index in [-0.39, 0.29) is 31.7 Å². The number of hydrogen-bond acceptors (Lipinski definition) is 21. The Morgan fingerprint density at radius 3 is 0.610 bits per heavy atom. The third-order valence-corrected chi connectivity index (χ3v) is 4.25. The molecule has 0 radical (unpaired) electrons. The molecule has 242 valence electrons. The van der Waals surface area contributed by atoms with E-state index in [2.05, 4.69) is 76.0 Å². The molecule has 0 aromatic rings. The van der Waals surface area contributed by atoms with Crippen molar-refractivity contribution in [3.05, 3.63) is 0 Å². The van der Waals surface area contributed by atoms with Gasteiger partial charge in [0.1, 0.15) is 47.5 Å². The molecular formula is C14H30AlCl4N7O15. The molecule has 0 amide bonds. The molecule has 0 saturated heterocycles. The van der Waals surface area contributed by atoms with Gasteiger partial charge < -0.3 is 74.1 Å². The van der Waals surface area contributed by atoms with Crippen LogP contribution in [0.15, 0.2) is 0 Å². The lowest BCUT2D eigenvalue weighted by molar-refractivity contribution is -0.146. The van der Waals surface area contributed by atoms with Crippen LogP contribution < -0.4 is 40.1 Å². The van der Waals surface area contributed by atoms with Crippen LogP contribution in [0.25, 0.3) is 0 Å². The van der Waals surface area contributed by atoms with Crippen LogP contribution in [-0.4, -0.2) is 108 Å². The van der Waals surface area contributed by atoms with Crippen molar-refractivity contribution in [2.75, 3.05) is 45.8 Å². The molecule has 0 aromatic carbocycles. The second-order valence-electron chi connectivity index (χ2n) is 4.98. The fourth-order valence-corrected chi connectivity index (χ4v) is 1.99. The zero-order valence-corrected chi connectivity index (χ0v) is 25.0. The molecule has 0 aromatic heterocycles. The average Bonchev–Trinajstić information content (AvgIpc) is 2.99. The van der Waals surface area contributed by atoms with E-state index < -0.39 is 76.6 Å². The summed E-state index contributed by atoms with van der Waals surface area (Å²) in [7, 11) is 0. The lowest BCUT2D eigenvalue weighted by Crippen LogP contribution is -2.39. The minimum atomic E-state index is -3.25. The Morgan fingerprint density at radius 2 is 0.537 bits per heavy atom. The van der Waals surface area contributed by atoms with Gasteiger partial charge in [0.15, 0.2) is 0 Å². The number of rotatable bonds is 10. The maximum absolute atomic E-state index is 10.8. The highest BCUT2D eigenvalue weighted by Crippen LogP contribution is 1.94. The van der Waals surface area contributed by atoms with Gasteiger partial charge in [-0.3, -0.25) is 14.4 Å². The number of nitrogens with two attached hydrogens (primary N) is 7. The van der Waals surface area contributed by atoms with Gasteiger partial charge in [-0.15, -0.1) is 0 Å². The Morgan fingerprint density at radius 1 is 0.390 bits per heavy atom. The van der Waals surface area contributed by atoms with E-state index in [0.29, 0.717) is 0 Å². The molecule has 0 atom stereocenters. The van der Waals surface area contributed by atoms with Crippen LogP contribution in [0, 0.1) is 0 Å². The van der Waals surface area contributed by atoms with Gasteiger partial charge in [-0.05, 0) is 0 Å². The topological polar surface area (TPSA) is 398 Å². The monoisotopic (exact) mass is 703 g/mol. The smallest absolute Gasteiger partial charge is 0.550 e. The van der Waals surface area contributed by atoms with Gasteiger partial charge in [0, 0.05) is 0 Å². The number of carbonyl (C=O) groups excluding carboxylic acids is 7. The molecule has 41 heavy (non-hydrogen) atoms.